The number of carbonyl (C=O) groups excluding carboxylic acids is 3. The SMILES string of the molecule is CC(=O)SCCN(CCCNC(=O)OCc1ccccc1)C(=O)OCc1ccccc1. The van der Waals surface area contributed by atoms with Crippen molar-refractivity contribution in [1.29, 1.82) is 0 Å². The van der Waals surface area contributed by atoms with Crippen molar-refractivity contribution in [2.45, 2.75) is 26.6 Å². The number of rotatable bonds is 11. The lowest BCUT2D eigenvalue weighted by atomic mass is 10.2. The summed E-state index contributed by atoms with van der Waals surface area (Å²) in [5.41, 5.74) is 1.81. The van der Waals surface area contributed by atoms with Crippen LogP contribution in [0.1, 0.15) is 24.5 Å². The van der Waals surface area contributed by atoms with Gasteiger partial charge in [-0.25, -0.2) is 9.59 Å². The summed E-state index contributed by atoms with van der Waals surface area (Å²) in [6, 6.07) is 18.8. The molecule has 0 unspecified atom stereocenters. The summed E-state index contributed by atoms with van der Waals surface area (Å²) in [4.78, 5) is 37.0. The first-order valence-corrected chi connectivity index (χ1v) is 11.1. The van der Waals surface area contributed by atoms with Crippen molar-refractivity contribution in [3.05, 3.63) is 71.8 Å². The summed E-state index contributed by atoms with van der Waals surface area (Å²) in [5, 5.41) is 2.68. The molecule has 2 aromatic carbocycles. The molecule has 31 heavy (non-hydrogen) atoms. The second kappa shape index (κ2) is 14.1. The molecule has 2 amide bonds. The molecule has 0 atom stereocenters. The molecule has 0 aliphatic rings. The van der Waals surface area contributed by atoms with Crippen molar-refractivity contribution in [2.24, 2.45) is 0 Å². The molecule has 0 saturated heterocycles. The summed E-state index contributed by atoms with van der Waals surface area (Å²) in [7, 11) is 0. The Bertz CT molecular complexity index is 817. The number of carbonyl (C=O) groups is 3. The van der Waals surface area contributed by atoms with E-state index in [1.54, 1.807) is 4.90 Å². The van der Waals surface area contributed by atoms with Crippen LogP contribution in [0.25, 0.3) is 0 Å². The summed E-state index contributed by atoms with van der Waals surface area (Å²) in [6.45, 7) is 3.01. The summed E-state index contributed by atoms with van der Waals surface area (Å²) in [6.07, 6.45) is -0.417. The number of nitrogens with one attached hydrogen (secondary N) is 1. The molecule has 0 radical (unpaired) electrons. The van der Waals surface area contributed by atoms with E-state index in [9.17, 15) is 14.4 Å². The number of ether oxygens (including phenoxy) is 2. The van der Waals surface area contributed by atoms with Gasteiger partial charge in [-0.1, -0.05) is 72.4 Å². The van der Waals surface area contributed by atoms with Crippen molar-refractivity contribution in [2.75, 3.05) is 25.4 Å². The van der Waals surface area contributed by atoms with E-state index in [2.05, 4.69) is 5.32 Å². The molecule has 0 bridgehead atoms. The van der Waals surface area contributed by atoms with E-state index >= 15 is 0 Å². The van der Waals surface area contributed by atoms with Crippen LogP contribution in [-0.2, 0) is 27.5 Å². The Kier molecular flexibility index (Phi) is 11.0. The zero-order valence-electron chi connectivity index (χ0n) is 17.6. The van der Waals surface area contributed by atoms with E-state index in [4.69, 9.17) is 9.47 Å². The molecule has 0 saturated carbocycles. The molecule has 0 spiro atoms. The van der Waals surface area contributed by atoms with Gasteiger partial charge >= 0.3 is 12.2 Å². The number of benzene rings is 2. The molecule has 2 rings (SSSR count). The molecule has 7 nitrogen and oxygen atoms in total. The van der Waals surface area contributed by atoms with Crippen LogP contribution < -0.4 is 5.32 Å². The van der Waals surface area contributed by atoms with Crippen molar-refractivity contribution in [3.8, 4) is 0 Å². The zero-order valence-corrected chi connectivity index (χ0v) is 18.4. The van der Waals surface area contributed by atoms with Crippen LogP contribution in [0.5, 0.6) is 0 Å². The molecule has 0 heterocycles. The Morgan fingerprint density at radius 3 is 2.03 bits per heavy atom. The van der Waals surface area contributed by atoms with Gasteiger partial charge in [0, 0.05) is 32.3 Å². The lowest BCUT2D eigenvalue weighted by Crippen LogP contribution is -2.36. The number of thioether (sulfide) groups is 1. The van der Waals surface area contributed by atoms with Crippen molar-refractivity contribution in [1.82, 2.24) is 10.2 Å². The first-order chi connectivity index (χ1) is 15.0. The van der Waals surface area contributed by atoms with Gasteiger partial charge in [0.15, 0.2) is 5.12 Å². The third-order valence-electron chi connectivity index (χ3n) is 4.22. The number of hydrogen-bond acceptors (Lipinski definition) is 6. The lowest BCUT2D eigenvalue weighted by molar-refractivity contribution is -0.109. The fourth-order valence-electron chi connectivity index (χ4n) is 2.64. The molecule has 0 aliphatic carbocycles. The summed E-state index contributed by atoms with van der Waals surface area (Å²) < 4.78 is 10.6. The highest BCUT2D eigenvalue weighted by Crippen LogP contribution is 2.07. The second-order valence-electron chi connectivity index (χ2n) is 6.71. The molecule has 166 valence electrons. The first-order valence-electron chi connectivity index (χ1n) is 10.1. The van der Waals surface area contributed by atoms with Crippen LogP contribution in [0.2, 0.25) is 0 Å². The van der Waals surface area contributed by atoms with Crippen molar-refractivity contribution >= 4 is 29.1 Å². The van der Waals surface area contributed by atoms with E-state index in [0.717, 1.165) is 22.9 Å². The van der Waals surface area contributed by atoms with Gasteiger partial charge in [-0.2, -0.15) is 0 Å². The minimum atomic E-state index is -0.505. The van der Waals surface area contributed by atoms with E-state index < -0.39 is 12.2 Å². The highest BCUT2D eigenvalue weighted by Gasteiger charge is 2.15. The van der Waals surface area contributed by atoms with Gasteiger partial charge in [0.05, 0.1) is 0 Å². The number of alkyl carbamates (subject to hydrolysis) is 1. The number of nitrogens with zero attached hydrogens (tertiary/aromatic N) is 1. The molecule has 0 aromatic heterocycles. The van der Waals surface area contributed by atoms with Crippen molar-refractivity contribution in [3.63, 3.8) is 0 Å². The quantitative estimate of drug-likeness (QED) is 0.523. The molecule has 2 aromatic rings. The van der Waals surface area contributed by atoms with Crippen LogP contribution in [0.4, 0.5) is 9.59 Å². The molecule has 1 N–H and O–H groups in total. The monoisotopic (exact) mass is 444 g/mol. The average molecular weight is 445 g/mol. The molecule has 0 fully saturated rings. The average Bonchev–Trinajstić information content (AvgIpc) is 2.78. The van der Waals surface area contributed by atoms with Gasteiger partial charge in [0.2, 0.25) is 0 Å². The maximum absolute atomic E-state index is 12.5. The fraction of sp³-hybridized carbons (Fsp3) is 0.348. The van der Waals surface area contributed by atoms with Crippen LogP contribution in [-0.4, -0.2) is 47.6 Å². The summed E-state index contributed by atoms with van der Waals surface area (Å²) in [5.74, 6) is 0.488. The van der Waals surface area contributed by atoms with Gasteiger partial charge in [0.1, 0.15) is 13.2 Å². The zero-order chi connectivity index (χ0) is 22.3. The molecular formula is C23H28N2O5S. The fourth-order valence-corrected chi connectivity index (χ4v) is 3.24. The highest BCUT2D eigenvalue weighted by atomic mass is 32.2. The standard InChI is InChI=1S/C23H28N2O5S/c1-19(26)31-16-15-25(23(28)30-18-21-11-6-3-7-12-21)14-8-13-24-22(27)29-17-20-9-4-2-5-10-20/h2-7,9-12H,8,13-18H2,1H3,(H,24,27). The van der Waals surface area contributed by atoms with Crippen molar-refractivity contribution < 1.29 is 23.9 Å². The molecule has 0 aliphatic heterocycles. The lowest BCUT2D eigenvalue weighted by Gasteiger charge is -2.22. The largest absolute Gasteiger partial charge is 0.445 e. The maximum Gasteiger partial charge on any atom is 0.410 e. The minimum Gasteiger partial charge on any atom is -0.445 e. The Labute approximate surface area is 187 Å². The summed E-state index contributed by atoms with van der Waals surface area (Å²) >= 11 is 1.16. The predicted octanol–water partition coefficient (Wildman–Crippen LogP) is 4.22. The third kappa shape index (κ3) is 10.5. The number of hydrogen-bond donors (Lipinski definition) is 1. The Morgan fingerprint density at radius 2 is 1.45 bits per heavy atom. The predicted molar refractivity (Wildman–Crippen MR) is 121 cm³/mol. The van der Waals surface area contributed by atoms with Gasteiger partial charge in [-0.15, -0.1) is 0 Å². The Balaban J connectivity index is 1.72. The molecule has 8 heteroatoms. The first kappa shape index (κ1) is 24.3. The van der Waals surface area contributed by atoms with Gasteiger partial charge in [-0.3, -0.25) is 4.79 Å². The smallest absolute Gasteiger partial charge is 0.410 e. The van der Waals surface area contributed by atoms with Crippen LogP contribution in [0.15, 0.2) is 60.7 Å². The Morgan fingerprint density at radius 1 is 0.871 bits per heavy atom. The van der Waals surface area contributed by atoms with Crippen LogP contribution in [0.3, 0.4) is 0 Å². The molecular weight excluding hydrogens is 416 g/mol. The van der Waals surface area contributed by atoms with E-state index in [0.29, 0.717) is 31.8 Å². The minimum absolute atomic E-state index is 0.000399. The topological polar surface area (TPSA) is 84.9 Å². The normalized spacial score (nSPS) is 10.2. The van der Waals surface area contributed by atoms with E-state index in [1.807, 2.05) is 60.7 Å². The van der Waals surface area contributed by atoms with E-state index in [-0.39, 0.29) is 18.3 Å². The Hall–Kier alpha value is -3.00. The maximum atomic E-state index is 12.5. The van der Waals surface area contributed by atoms with Crippen LogP contribution >= 0.6 is 11.8 Å². The third-order valence-corrected chi connectivity index (χ3v) is 5.01. The van der Waals surface area contributed by atoms with Gasteiger partial charge < -0.3 is 19.7 Å². The van der Waals surface area contributed by atoms with E-state index in [1.165, 1.54) is 6.92 Å². The highest BCUT2D eigenvalue weighted by molar-refractivity contribution is 8.13. The van der Waals surface area contributed by atoms with Crippen LogP contribution in [0, 0.1) is 0 Å². The van der Waals surface area contributed by atoms with Gasteiger partial charge in [-0.05, 0) is 17.5 Å². The van der Waals surface area contributed by atoms with Gasteiger partial charge in [0.25, 0.3) is 0 Å². The number of amides is 2. The second-order valence-corrected chi connectivity index (χ2v) is 7.98.